The van der Waals surface area contributed by atoms with Crippen molar-refractivity contribution in [3.05, 3.63) is 24.4 Å². The third-order valence-electron chi connectivity index (χ3n) is 2.98. The monoisotopic (exact) mass is 280 g/mol. The third kappa shape index (κ3) is 2.31. The second kappa shape index (κ2) is 4.50. The van der Waals surface area contributed by atoms with Crippen LogP contribution in [0.1, 0.15) is 19.8 Å². The largest absolute Gasteiger partial charge is 0.368 e. The van der Waals surface area contributed by atoms with Gasteiger partial charge in [-0.1, -0.05) is 6.07 Å². The van der Waals surface area contributed by atoms with Gasteiger partial charge in [0.2, 0.25) is 0 Å². The molecule has 2 aromatic rings. The highest BCUT2D eigenvalue weighted by atomic mass is 32.2. The Morgan fingerprint density at radius 2 is 2.21 bits per heavy atom. The fourth-order valence-electron chi connectivity index (χ4n) is 1.99. The van der Waals surface area contributed by atoms with Crippen molar-refractivity contribution in [2.45, 2.75) is 30.8 Å². The van der Waals surface area contributed by atoms with E-state index in [1.165, 1.54) is 0 Å². The standard InChI is InChI=1S/C12H16N4O2S/c1-2-13-11-12(19(17,18)15-9-6-7-9)16-8-4-3-5-10(16)14-11/h3-5,8-9,13,15H,2,6-7H2,1H3. The fourth-order valence-corrected chi connectivity index (χ4v) is 3.56. The van der Waals surface area contributed by atoms with Crippen molar-refractivity contribution in [1.29, 1.82) is 0 Å². The summed E-state index contributed by atoms with van der Waals surface area (Å²) in [6, 6.07) is 5.49. The lowest BCUT2D eigenvalue weighted by Crippen LogP contribution is -2.27. The number of hydrogen-bond donors (Lipinski definition) is 2. The molecule has 2 N–H and O–H groups in total. The van der Waals surface area contributed by atoms with Crippen LogP contribution in [0.3, 0.4) is 0 Å². The zero-order valence-corrected chi connectivity index (χ0v) is 11.4. The molecule has 1 aliphatic carbocycles. The van der Waals surface area contributed by atoms with E-state index in [-0.39, 0.29) is 11.1 Å². The van der Waals surface area contributed by atoms with Gasteiger partial charge in [0.25, 0.3) is 10.0 Å². The number of sulfonamides is 1. The molecule has 0 atom stereocenters. The SMILES string of the molecule is CCNc1nc2ccccn2c1S(=O)(=O)NC1CC1. The lowest BCUT2D eigenvalue weighted by molar-refractivity contribution is 0.576. The van der Waals surface area contributed by atoms with Crippen LogP contribution in [0.15, 0.2) is 29.4 Å². The molecule has 0 amide bonds. The Bertz CT molecular complexity index is 704. The van der Waals surface area contributed by atoms with E-state index in [0.29, 0.717) is 18.0 Å². The highest BCUT2D eigenvalue weighted by Crippen LogP contribution is 2.26. The van der Waals surface area contributed by atoms with Crippen molar-refractivity contribution in [2.24, 2.45) is 0 Å². The lowest BCUT2D eigenvalue weighted by atomic mass is 10.5. The minimum absolute atomic E-state index is 0.0775. The number of imidazole rings is 1. The van der Waals surface area contributed by atoms with Gasteiger partial charge in [0.15, 0.2) is 10.8 Å². The Labute approximate surface area is 111 Å². The van der Waals surface area contributed by atoms with Crippen LogP contribution in [0.5, 0.6) is 0 Å². The molecule has 2 aromatic heterocycles. The molecule has 6 nitrogen and oxygen atoms in total. The van der Waals surface area contributed by atoms with E-state index in [4.69, 9.17) is 0 Å². The number of anilines is 1. The van der Waals surface area contributed by atoms with Gasteiger partial charge in [-0.3, -0.25) is 4.40 Å². The maximum Gasteiger partial charge on any atom is 0.260 e. The molecule has 102 valence electrons. The van der Waals surface area contributed by atoms with Crippen LogP contribution in [0.4, 0.5) is 5.82 Å². The van der Waals surface area contributed by atoms with E-state index >= 15 is 0 Å². The quantitative estimate of drug-likeness (QED) is 0.863. The van der Waals surface area contributed by atoms with Crippen LogP contribution >= 0.6 is 0 Å². The van der Waals surface area contributed by atoms with E-state index < -0.39 is 10.0 Å². The minimum atomic E-state index is -3.55. The summed E-state index contributed by atoms with van der Waals surface area (Å²) in [6.07, 6.45) is 3.53. The Balaban J connectivity index is 2.15. The second-order valence-electron chi connectivity index (χ2n) is 4.62. The van der Waals surface area contributed by atoms with Crippen LogP contribution < -0.4 is 10.0 Å². The van der Waals surface area contributed by atoms with Crippen molar-refractivity contribution in [1.82, 2.24) is 14.1 Å². The van der Waals surface area contributed by atoms with E-state index in [0.717, 1.165) is 12.8 Å². The van der Waals surface area contributed by atoms with E-state index in [1.807, 2.05) is 13.0 Å². The molecule has 0 bridgehead atoms. The molecule has 0 spiro atoms. The maximum absolute atomic E-state index is 12.4. The predicted molar refractivity (Wildman–Crippen MR) is 72.7 cm³/mol. The summed E-state index contributed by atoms with van der Waals surface area (Å²) in [7, 11) is -3.55. The summed E-state index contributed by atoms with van der Waals surface area (Å²) >= 11 is 0. The number of hydrogen-bond acceptors (Lipinski definition) is 4. The highest BCUT2D eigenvalue weighted by molar-refractivity contribution is 7.89. The normalized spacial score (nSPS) is 15.8. The van der Waals surface area contributed by atoms with Crippen LogP contribution in [-0.4, -0.2) is 30.4 Å². The molecule has 19 heavy (non-hydrogen) atoms. The first-order valence-corrected chi connectivity index (χ1v) is 7.83. The van der Waals surface area contributed by atoms with Gasteiger partial charge in [-0.15, -0.1) is 0 Å². The Kier molecular flexibility index (Phi) is 2.94. The van der Waals surface area contributed by atoms with Crippen molar-refractivity contribution >= 4 is 21.5 Å². The molecule has 3 rings (SSSR count). The molecule has 0 unspecified atom stereocenters. The first-order valence-electron chi connectivity index (χ1n) is 6.35. The number of nitrogens with one attached hydrogen (secondary N) is 2. The van der Waals surface area contributed by atoms with E-state index in [2.05, 4.69) is 15.0 Å². The van der Waals surface area contributed by atoms with Crippen molar-refractivity contribution in [3.8, 4) is 0 Å². The van der Waals surface area contributed by atoms with Crippen LogP contribution in [0.25, 0.3) is 5.65 Å². The van der Waals surface area contributed by atoms with Crippen LogP contribution in [-0.2, 0) is 10.0 Å². The summed E-state index contributed by atoms with van der Waals surface area (Å²) in [5.74, 6) is 0.404. The van der Waals surface area contributed by atoms with Crippen molar-refractivity contribution in [3.63, 3.8) is 0 Å². The average Bonchev–Trinajstić information content (AvgIpc) is 3.07. The summed E-state index contributed by atoms with van der Waals surface area (Å²) in [5, 5.41) is 3.21. The number of nitrogens with zero attached hydrogens (tertiary/aromatic N) is 2. The van der Waals surface area contributed by atoms with Gasteiger partial charge < -0.3 is 5.32 Å². The first kappa shape index (κ1) is 12.4. The topological polar surface area (TPSA) is 75.5 Å². The Morgan fingerprint density at radius 3 is 2.89 bits per heavy atom. The van der Waals surface area contributed by atoms with Crippen molar-refractivity contribution < 1.29 is 8.42 Å². The fraction of sp³-hybridized carbons (Fsp3) is 0.417. The Hall–Kier alpha value is -1.60. The van der Waals surface area contributed by atoms with Crippen LogP contribution in [0.2, 0.25) is 0 Å². The molecule has 1 fully saturated rings. The summed E-state index contributed by atoms with van der Waals surface area (Å²) in [5.41, 5.74) is 0.620. The molecule has 0 saturated heterocycles. The Morgan fingerprint density at radius 1 is 1.42 bits per heavy atom. The van der Waals surface area contributed by atoms with Gasteiger partial charge in [-0.05, 0) is 31.9 Å². The minimum Gasteiger partial charge on any atom is -0.368 e. The molecule has 1 saturated carbocycles. The van der Waals surface area contributed by atoms with Gasteiger partial charge in [0.1, 0.15) is 5.65 Å². The van der Waals surface area contributed by atoms with Crippen molar-refractivity contribution in [2.75, 3.05) is 11.9 Å². The highest BCUT2D eigenvalue weighted by Gasteiger charge is 2.32. The number of aromatic nitrogens is 2. The summed E-state index contributed by atoms with van der Waals surface area (Å²) < 4.78 is 29.2. The van der Waals surface area contributed by atoms with Gasteiger partial charge >= 0.3 is 0 Å². The molecular weight excluding hydrogens is 264 g/mol. The average molecular weight is 280 g/mol. The van der Waals surface area contributed by atoms with E-state index in [9.17, 15) is 8.42 Å². The number of pyridine rings is 1. The van der Waals surface area contributed by atoms with Gasteiger partial charge in [0.05, 0.1) is 0 Å². The summed E-state index contributed by atoms with van der Waals surface area (Å²) in [6.45, 7) is 2.53. The molecule has 2 heterocycles. The molecule has 0 aromatic carbocycles. The first-order chi connectivity index (χ1) is 9.12. The summed E-state index contributed by atoms with van der Waals surface area (Å²) in [4.78, 5) is 4.33. The predicted octanol–water partition coefficient (Wildman–Crippen LogP) is 1.21. The zero-order chi connectivity index (χ0) is 13.5. The number of rotatable bonds is 5. The van der Waals surface area contributed by atoms with Crippen LogP contribution in [0, 0.1) is 0 Å². The lowest BCUT2D eigenvalue weighted by Gasteiger charge is -2.07. The molecule has 1 aliphatic rings. The molecule has 0 aliphatic heterocycles. The smallest absolute Gasteiger partial charge is 0.260 e. The molecular formula is C12H16N4O2S. The van der Waals surface area contributed by atoms with Gasteiger partial charge in [-0.2, -0.15) is 0 Å². The third-order valence-corrected chi connectivity index (χ3v) is 4.53. The second-order valence-corrected chi connectivity index (χ2v) is 6.25. The zero-order valence-electron chi connectivity index (χ0n) is 10.6. The van der Waals surface area contributed by atoms with Gasteiger partial charge in [-0.25, -0.2) is 18.1 Å². The van der Waals surface area contributed by atoms with Gasteiger partial charge in [0, 0.05) is 18.8 Å². The maximum atomic E-state index is 12.4. The number of fused-ring (bicyclic) bond motifs is 1. The molecule has 7 heteroatoms. The molecule has 0 radical (unpaired) electrons. The van der Waals surface area contributed by atoms with E-state index in [1.54, 1.807) is 22.7 Å².